The van der Waals surface area contributed by atoms with Gasteiger partial charge in [-0.1, -0.05) is 30.3 Å². The number of carboxylic acids is 1. The van der Waals surface area contributed by atoms with Crippen LogP contribution in [0.15, 0.2) is 42.5 Å². The van der Waals surface area contributed by atoms with Crippen molar-refractivity contribution < 1.29 is 24.2 Å². The first-order chi connectivity index (χ1) is 12.0. The molecule has 1 amide bonds. The van der Waals surface area contributed by atoms with Crippen molar-refractivity contribution in [1.29, 1.82) is 0 Å². The lowest BCUT2D eigenvalue weighted by Gasteiger charge is -2.15. The van der Waals surface area contributed by atoms with Crippen LogP contribution in [0.1, 0.15) is 12.5 Å². The smallest absolute Gasteiger partial charge is 0.326 e. The number of amides is 1. The van der Waals surface area contributed by atoms with Crippen LogP contribution in [0.25, 0.3) is 11.1 Å². The van der Waals surface area contributed by atoms with Crippen molar-refractivity contribution in [2.45, 2.75) is 19.4 Å². The monoisotopic (exact) mass is 343 g/mol. The summed E-state index contributed by atoms with van der Waals surface area (Å²) in [5, 5.41) is 11.6. The number of benzene rings is 2. The first kappa shape index (κ1) is 18.3. The minimum atomic E-state index is -1.06. The van der Waals surface area contributed by atoms with E-state index >= 15 is 0 Å². The van der Waals surface area contributed by atoms with Gasteiger partial charge in [0.1, 0.15) is 17.5 Å². The first-order valence-electron chi connectivity index (χ1n) is 7.76. The Bertz CT molecular complexity index is 733. The number of hydrogen-bond donors (Lipinski definition) is 2. The van der Waals surface area contributed by atoms with E-state index in [4.69, 9.17) is 9.47 Å². The minimum absolute atomic E-state index is 0.207. The highest BCUT2D eigenvalue weighted by Crippen LogP contribution is 2.38. The van der Waals surface area contributed by atoms with Gasteiger partial charge in [-0.25, -0.2) is 4.79 Å². The fraction of sp³-hybridized carbons (Fsp3) is 0.263. The second-order valence-electron chi connectivity index (χ2n) is 5.53. The lowest BCUT2D eigenvalue weighted by molar-refractivity contribution is -0.141. The molecular weight excluding hydrogens is 322 g/mol. The van der Waals surface area contributed by atoms with Gasteiger partial charge in [-0.2, -0.15) is 0 Å². The Hall–Kier alpha value is -3.02. The van der Waals surface area contributed by atoms with Crippen LogP contribution < -0.4 is 14.8 Å². The third-order valence-electron chi connectivity index (χ3n) is 3.79. The number of aliphatic carboxylic acids is 1. The Kier molecular flexibility index (Phi) is 6.00. The minimum Gasteiger partial charge on any atom is -0.496 e. The summed E-state index contributed by atoms with van der Waals surface area (Å²) in [5.41, 5.74) is 2.53. The van der Waals surface area contributed by atoms with E-state index in [9.17, 15) is 14.7 Å². The molecule has 6 nitrogen and oxygen atoms in total. The number of hydrogen-bond acceptors (Lipinski definition) is 4. The number of carboxylic acid groups (broad SMARTS) is 1. The Balaban J connectivity index is 2.29. The van der Waals surface area contributed by atoms with Crippen molar-refractivity contribution in [2.24, 2.45) is 0 Å². The number of methoxy groups -OCH3 is 2. The number of carbonyl (C=O) groups is 2. The van der Waals surface area contributed by atoms with Gasteiger partial charge in [0.2, 0.25) is 5.91 Å². The molecule has 2 N–H and O–H groups in total. The quantitative estimate of drug-likeness (QED) is 0.807. The topological polar surface area (TPSA) is 84.9 Å². The molecule has 0 saturated heterocycles. The van der Waals surface area contributed by atoms with Gasteiger partial charge in [0.15, 0.2) is 0 Å². The second-order valence-corrected chi connectivity index (χ2v) is 5.53. The van der Waals surface area contributed by atoms with E-state index in [1.54, 1.807) is 14.2 Å². The summed E-state index contributed by atoms with van der Waals surface area (Å²) in [7, 11) is 3.19. The molecule has 132 valence electrons. The van der Waals surface area contributed by atoms with Crippen molar-refractivity contribution in [3.63, 3.8) is 0 Å². The van der Waals surface area contributed by atoms with E-state index < -0.39 is 12.0 Å². The molecule has 0 unspecified atom stereocenters. The van der Waals surface area contributed by atoms with Crippen LogP contribution in [0.3, 0.4) is 0 Å². The molecule has 0 bridgehead atoms. The van der Waals surface area contributed by atoms with Gasteiger partial charge in [-0.3, -0.25) is 4.79 Å². The zero-order valence-corrected chi connectivity index (χ0v) is 14.4. The van der Waals surface area contributed by atoms with E-state index in [2.05, 4.69) is 5.32 Å². The number of ether oxygens (including phenoxy) is 2. The number of carbonyl (C=O) groups excluding carboxylic acids is 1. The van der Waals surface area contributed by atoms with Crippen molar-refractivity contribution in [3.8, 4) is 22.6 Å². The van der Waals surface area contributed by atoms with Gasteiger partial charge in [0, 0.05) is 13.3 Å². The Morgan fingerprint density at radius 3 is 2.04 bits per heavy atom. The Morgan fingerprint density at radius 2 is 1.60 bits per heavy atom. The average Bonchev–Trinajstić information content (AvgIpc) is 2.60. The fourth-order valence-electron chi connectivity index (χ4n) is 2.62. The molecule has 1 atom stereocenters. The summed E-state index contributed by atoms with van der Waals surface area (Å²) in [6.07, 6.45) is 0.207. The summed E-state index contributed by atoms with van der Waals surface area (Å²) in [6.45, 7) is 1.30. The van der Waals surface area contributed by atoms with Gasteiger partial charge in [0.25, 0.3) is 0 Å². The predicted molar refractivity (Wildman–Crippen MR) is 93.9 cm³/mol. The van der Waals surface area contributed by atoms with E-state index in [1.165, 1.54) is 6.92 Å². The van der Waals surface area contributed by atoms with Crippen LogP contribution in [-0.4, -0.2) is 37.2 Å². The van der Waals surface area contributed by atoms with Crippen LogP contribution in [0.5, 0.6) is 11.5 Å². The van der Waals surface area contributed by atoms with Crippen LogP contribution in [0.2, 0.25) is 0 Å². The van der Waals surface area contributed by atoms with Gasteiger partial charge in [0.05, 0.1) is 19.8 Å². The van der Waals surface area contributed by atoms with Crippen LogP contribution in [0.4, 0.5) is 0 Å². The zero-order chi connectivity index (χ0) is 18.4. The molecule has 6 heteroatoms. The molecule has 0 radical (unpaired) electrons. The summed E-state index contributed by atoms with van der Waals surface area (Å²) in [5.74, 6) is -0.0593. The highest BCUT2D eigenvalue weighted by atomic mass is 16.5. The molecule has 0 aromatic heterocycles. The molecule has 0 heterocycles. The number of rotatable bonds is 7. The average molecular weight is 343 g/mol. The molecule has 0 aliphatic heterocycles. The van der Waals surface area contributed by atoms with E-state index in [-0.39, 0.29) is 12.3 Å². The largest absolute Gasteiger partial charge is 0.496 e. The highest BCUT2D eigenvalue weighted by molar-refractivity contribution is 5.82. The molecule has 0 fully saturated rings. The molecule has 0 aliphatic carbocycles. The number of nitrogens with one attached hydrogen (secondary N) is 1. The van der Waals surface area contributed by atoms with E-state index in [1.807, 2.05) is 42.5 Å². The molecule has 25 heavy (non-hydrogen) atoms. The molecule has 0 spiro atoms. The summed E-state index contributed by atoms with van der Waals surface area (Å²) < 4.78 is 10.8. The Morgan fingerprint density at radius 1 is 1.04 bits per heavy atom. The van der Waals surface area contributed by atoms with Crippen molar-refractivity contribution in [1.82, 2.24) is 5.32 Å². The third kappa shape index (κ3) is 4.50. The van der Waals surface area contributed by atoms with Crippen molar-refractivity contribution in [3.05, 3.63) is 48.0 Å². The summed E-state index contributed by atoms with van der Waals surface area (Å²) in [6, 6.07) is 12.0. The summed E-state index contributed by atoms with van der Waals surface area (Å²) in [4.78, 5) is 22.4. The van der Waals surface area contributed by atoms with Gasteiger partial charge in [-0.05, 0) is 23.3 Å². The second kappa shape index (κ2) is 8.19. The SMILES string of the molecule is COc1cccc(OC)c1-c1ccc(C[C@H](NC(C)=O)C(=O)O)cc1. The Labute approximate surface area is 146 Å². The van der Waals surface area contributed by atoms with E-state index in [0.717, 1.165) is 16.7 Å². The highest BCUT2D eigenvalue weighted by Gasteiger charge is 2.19. The van der Waals surface area contributed by atoms with Gasteiger partial charge < -0.3 is 19.9 Å². The maximum absolute atomic E-state index is 11.2. The molecule has 2 rings (SSSR count). The molecule has 2 aromatic carbocycles. The molecule has 0 aliphatic rings. The molecular formula is C19H21NO5. The zero-order valence-electron chi connectivity index (χ0n) is 14.4. The molecule has 0 saturated carbocycles. The normalized spacial score (nSPS) is 11.5. The maximum atomic E-state index is 11.2. The van der Waals surface area contributed by atoms with Gasteiger partial charge in [-0.15, -0.1) is 0 Å². The van der Waals surface area contributed by atoms with Crippen LogP contribution in [-0.2, 0) is 16.0 Å². The van der Waals surface area contributed by atoms with Crippen LogP contribution in [0, 0.1) is 0 Å². The van der Waals surface area contributed by atoms with Gasteiger partial charge >= 0.3 is 5.97 Å². The lowest BCUT2D eigenvalue weighted by Crippen LogP contribution is -2.41. The van der Waals surface area contributed by atoms with E-state index in [0.29, 0.717) is 11.5 Å². The lowest BCUT2D eigenvalue weighted by atomic mass is 9.99. The maximum Gasteiger partial charge on any atom is 0.326 e. The molecule has 2 aromatic rings. The first-order valence-corrected chi connectivity index (χ1v) is 7.76. The van der Waals surface area contributed by atoms with Crippen molar-refractivity contribution >= 4 is 11.9 Å². The fourth-order valence-corrected chi connectivity index (χ4v) is 2.62. The van der Waals surface area contributed by atoms with Crippen molar-refractivity contribution in [2.75, 3.05) is 14.2 Å². The van der Waals surface area contributed by atoms with Crippen LogP contribution >= 0.6 is 0 Å². The standard InChI is InChI=1S/C19H21NO5/c1-12(21)20-15(19(22)23)11-13-7-9-14(10-8-13)18-16(24-2)5-4-6-17(18)25-3/h4-10,15H,11H2,1-3H3,(H,20,21)(H,22,23)/t15-/m0/s1. The third-order valence-corrected chi connectivity index (χ3v) is 3.79. The summed E-state index contributed by atoms with van der Waals surface area (Å²) >= 11 is 0. The predicted octanol–water partition coefficient (Wildman–Crippen LogP) is 2.50.